The Morgan fingerprint density at radius 3 is 2.67 bits per heavy atom. The van der Waals surface area contributed by atoms with Gasteiger partial charge in [0.25, 0.3) is 5.91 Å². The molecule has 1 aliphatic rings. The van der Waals surface area contributed by atoms with Gasteiger partial charge in [-0.3, -0.25) is 9.78 Å². The molecule has 1 amide bonds. The van der Waals surface area contributed by atoms with Crippen molar-refractivity contribution in [2.75, 3.05) is 25.5 Å². The molecule has 1 aliphatic heterocycles. The minimum atomic E-state index is -0.0742. The topological polar surface area (TPSA) is 90.9 Å². The average molecular weight is 363 g/mol. The van der Waals surface area contributed by atoms with Gasteiger partial charge in [-0.1, -0.05) is 0 Å². The summed E-state index contributed by atoms with van der Waals surface area (Å²) >= 11 is 0. The first-order chi connectivity index (χ1) is 13.0. The number of H-pyrrole nitrogens is 1. The summed E-state index contributed by atoms with van der Waals surface area (Å²) in [4.78, 5) is 37.4. The van der Waals surface area contributed by atoms with Crippen molar-refractivity contribution in [3.05, 3.63) is 53.5 Å². The van der Waals surface area contributed by atoms with E-state index in [9.17, 15) is 4.79 Å². The smallest absolute Gasteiger partial charge is 0.274 e. The van der Waals surface area contributed by atoms with E-state index in [0.717, 1.165) is 28.3 Å². The van der Waals surface area contributed by atoms with Crippen molar-refractivity contribution in [1.82, 2.24) is 29.8 Å². The van der Waals surface area contributed by atoms with E-state index in [1.165, 1.54) is 0 Å². The van der Waals surface area contributed by atoms with Crippen LogP contribution in [0.15, 0.2) is 30.9 Å². The number of hydrogen-bond donors (Lipinski definition) is 1. The van der Waals surface area contributed by atoms with E-state index < -0.39 is 0 Å². The summed E-state index contributed by atoms with van der Waals surface area (Å²) in [6.45, 7) is 2.92. The first kappa shape index (κ1) is 17.1. The third kappa shape index (κ3) is 3.14. The molecule has 4 heterocycles. The fourth-order valence-electron chi connectivity index (χ4n) is 3.31. The van der Waals surface area contributed by atoms with Crippen LogP contribution in [-0.2, 0) is 13.0 Å². The minimum absolute atomic E-state index is 0.0742. The molecule has 0 saturated carbocycles. The van der Waals surface area contributed by atoms with Gasteiger partial charge in [0.15, 0.2) is 5.82 Å². The van der Waals surface area contributed by atoms with Gasteiger partial charge in [-0.2, -0.15) is 0 Å². The average Bonchev–Trinajstić information content (AvgIpc) is 3.12. The summed E-state index contributed by atoms with van der Waals surface area (Å²) in [5.74, 6) is 1.47. The Bertz CT molecular complexity index is 981. The number of amides is 1. The van der Waals surface area contributed by atoms with Crippen LogP contribution >= 0.6 is 0 Å². The summed E-state index contributed by atoms with van der Waals surface area (Å²) in [5, 5.41) is 0. The molecule has 4 rings (SSSR count). The number of pyridine rings is 1. The Labute approximate surface area is 157 Å². The van der Waals surface area contributed by atoms with Crippen molar-refractivity contribution in [2.24, 2.45) is 0 Å². The van der Waals surface area contributed by atoms with E-state index in [1.807, 2.05) is 38.1 Å². The normalized spacial score (nSPS) is 13.4. The van der Waals surface area contributed by atoms with Crippen molar-refractivity contribution in [2.45, 2.75) is 19.9 Å². The molecule has 0 atom stereocenters. The fraction of sp³-hybridized carbons (Fsp3) is 0.316. The molecule has 0 aromatic carbocycles. The number of carbonyl (C=O) groups excluding carboxylic acids is 1. The first-order valence-corrected chi connectivity index (χ1v) is 8.81. The second-order valence-electron chi connectivity index (χ2n) is 6.78. The van der Waals surface area contributed by atoms with Crippen molar-refractivity contribution < 1.29 is 4.79 Å². The molecule has 0 unspecified atom stereocenters. The molecule has 0 bridgehead atoms. The van der Waals surface area contributed by atoms with Gasteiger partial charge < -0.3 is 14.8 Å². The van der Waals surface area contributed by atoms with Crippen molar-refractivity contribution in [3.63, 3.8) is 0 Å². The van der Waals surface area contributed by atoms with Crippen molar-refractivity contribution in [1.29, 1.82) is 0 Å². The predicted octanol–water partition coefficient (Wildman–Crippen LogP) is 1.83. The van der Waals surface area contributed by atoms with E-state index in [1.54, 1.807) is 23.6 Å². The Kier molecular flexibility index (Phi) is 4.31. The minimum Gasteiger partial charge on any atom is -0.362 e. The van der Waals surface area contributed by atoms with Gasteiger partial charge >= 0.3 is 0 Å². The molecule has 8 nitrogen and oxygen atoms in total. The summed E-state index contributed by atoms with van der Waals surface area (Å²) in [6.07, 6.45) is 5.72. The predicted molar refractivity (Wildman–Crippen MR) is 101 cm³/mol. The lowest BCUT2D eigenvalue weighted by atomic mass is 10.0. The number of aryl methyl sites for hydroxylation is 1. The Morgan fingerprint density at radius 1 is 1.22 bits per heavy atom. The molecular weight excluding hydrogens is 342 g/mol. The highest BCUT2D eigenvalue weighted by molar-refractivity contribution is 5.93. The molecule has 3 aromatic heterocycles. The highest BCUT2D eigenvalue weighted by Gasteiger charge is 2.28. The first-order valence-electron chi connectivity index (χ1n) is 8.81. The number of nitrogens with zero attached hydrogens (tertiary/aromatic N) is 6. The molecule has 0 spiro atoms. The van der Waals surface area contributed by atoms with Crippen LogP contribution in [0.1, 0.15) is 27.4 Å². The lowest BCUT2D eigenvalue weighted by molar-refractivity contribution is 0.0725. The molecular formula is C19H21N7O. The second-order valence-corrected chi connectivity index (χ2v) is 6.78. The number of hydrogen-bond acceptors (Lipinski definition) is 6. The maximum atomic E-state index is 12.8. The van der Waals surface area contributed by atoms with E-state index in [-0.39, 0.29) is 5.91 Å². The number of anilines is 1. The standard InChI is InChI=1S/C19H21N7O/c1-12-16(22-11-21-12)19(27)26-9-6-14-15(10-26)23-17(24-18(14)25(2)3)13-4-7-20-8-5-13/h4-5,7-8,11H,6,9-10H2,1-3H3,(H,21,22). The zero-order chi connectivity index (χ0) is 19.0. The zero-order valence-electron chi connectivity index (χ0n) is 15.6. The van der Waals surface area contributed by atoms with Crippen LogP contribution in [-0.4, -0.2) is 56.4 Å². The highest BCUT2D eigenvalue weighted by atomic mass is 16.2. The van der Waals surface area contributed by atoms with E-state index in [0.29, 0.717) is 31.0 Å². The van der Waals surface area contributed by atoms with Crippen LogP contribution in [0.5, 0.6) is 0 Å². The van der Waals surface area contributed by atoms with E-state index in [4.69, 9.17) is 9.97 Å². The van der Waals surface area contributed by atoms with E-state index in [2.05, 4.69) is 15.0 Å². The van der Waals surface area contributed by atoms with Gasteiger partial charge in [0.1, 0.15) is 11.5 Å². The molecule has 1 N–H and O–H groups in total. The maximum Gasteiger partial charge on any atom is 0.274 e. The molecule has 0 saturated heterocycles. The van der Waals surface area contributed by atoms with Crippen LogP contribution in [0.25, 0.3) is 11.4 Å². The third-order valence-corrected chi connectivity index (χ3v) is 4.73. The van der Waals surface area contributed by atoms with Crippen molar-refractivity contribution >= 4 is 11.7 Å². The van der Waals surface area contributed by atoms with Crippen LogP contribution < -0.4 is 4.90 Å². The fourth-order valence-corrected chi connectivity index (χ4v) is 3.31. The van der Waals surface area contributed by atoms with Gasteiger partial charge in [0.05, 0.1) is 18.6 Å². The van der Waals surface area contributed by atoms with Crippen LogP contribution in [0.3, 0.4) is 0 Å². The lowest BCUT2D eigenvalue weighted by Gasteiger charge is -2.30. The Balaban J connectivity index is 1.72. The molecule has 138 valence electrons. The monoisotopic (exact) mass is 363 g/mol. The molecule has 0 radical (unpaired) electrons. The number of rotatable bonds is 3. The van der Waals surface area contributed by atoms with Crippen LogP contribution in [0, 0.1) is 6.92 Å². The zero-order valence-corrected chi connectivity index (χ0v) is 15.6. The maximum absolute atomic E-state index is 12.8. The number of nitrogens with one attached hydrogen (secondary N) is 1. The quantitative estimate of drug-likeness (QED) is 0.763. The molecule has 27 heavy (non-hydrogen) atoms. The number of imidazole rings is 1. The third-order valence-electron chi connectivity index (χ3n) is 4.73. The summed E-state index contributed by atoms with van der Waals surface area (Å²) in [7, 11) is 3.95. The second kappa shape index (κ2) is 6.79. The summed E-state index contributed by atoms with van der Waals surface area (Å²) in [6, 6.07) is 3.78. The Morgan fingerprint density at radius 2 is 2.00 bits per heavy atom. The SMILES string of the molecule is Cc1[nH]cnc1C(=O)N1CCc2c(nc(-c3ccncc3)nc2N(C)C)C1. The molecule has 3 aromatic rings. The number of aromatic nitrogens is 5. The number of carbonyl (C=O) groups is 1. The largest absolute Gasteiger partial charge is 0.362 e. The van der Waals surface area contributed by atoms with Gasteiger partial charge in [-0.15, -0.1) is 0 Å². The molecule has 0 aliphatic carbocycles. The Hall–Kier alpha value is -3.29. The molecule has 8 heteroatoms. The summed E-state index contributed by atoms with van der Waals surface area (Å²) < 4.78 is 0. The van der Waals surface area contributed by atoms with E-state index >= 15 is 0 Å². The van der Waals surface area contributed by atoms with Gasteiger partial charge in [-0.25, -0.2) is 15.0 Å². The van der Waals surface area contributed by atoms with Gasteiger partial charge in [-0.05, 0) is 25.5 Å². The van der Waals surface area contributed by atoms with Crippen LogP contribution in [0.4, 0.5) is 5.82 Å². The van der Waals surface area contributed by atoms with Gasteiger partial charge in [0, 0.05) is 49.9 Å². The number of aromatic amines is 1. The summed E-state index contributed by atoms with van der Waals surface area (Å²) in [5.41, 5.74) is 4.13. The lowest BCUT2D eigenvalue weighted by Crippen LogP contribution is -2.38. The van der Waals surface area contributed by atoms with Crippen LogP contribution in [0.2, 0.25) is 0 Å². The number of fused-ring (bicyclic) bond motifs is 1. The van der Waals surface area contributed by atoms with Gasteiger partial charge in [0.2, 0.25) is 0 Å². The highest BCUT2D eigenvalue weighted by Crippen LogP contribution is 2.29. The molecule has 0 fully saturated rings. The van der Waals surface area contributed by atoms with Crippen molar-refractivity contribution in [3.8, 4) is 11.4 Å².